The molecule has 0 bridgehead atoms. The quantitative estimate of drug-likeness (QED) is 0.878. The second kappa shape index (κ2) is 6.90. The molecule has 4 heteroatoms. The minimum absolute atomic E-state index is 0.00514. The van der Waals surface area contributed by atoms with Gasteiger partial charge in [-0.25, -0.2) is 0 Å². The summed E-state index contributed by atoms with van der Waals surface area (Å²) in [6.07, 6.45) is 0.582. The number of hydrogen-bond donors (Lipinski definition) is 2. The van der Waals surface area contributed by atoms with Gasteiger partial charge in [0.1, 0.15) is 0 Å². The molecule has 1 amide bonds. The Balaban J connectivity index is 2.80. The van der Waals surface area contributed by atoms with E-state index < -0.39 is 0 Å². The average Bonchev–Trinajstić information content (AvgIpc) is 2.27. The number of amides is 1. The number of aliphatic hydroxyl groups is 1. The van der Waals surface area contributed by atoms with E-state index in [0.717, 1.165) is 10.0 Å². The number of benzene rings is 1. The highest BCUT2D eigenvalue weighted by Crippen LogP contribution is 2.16. The lowest BCUT2D eigenvalue weighted by molar-refractivity contribution is 0.0916. The van der Waals surface area contributed by atoms with Crippen molar-refractivity contribution in [3.63, 3.8) is 0 Å². The summed E-state index contributed by atoms with van der Waals surface area (Å²) in [6.45, 7) is 6.07. The molecule has 0 fully saturated rings. The van der Waals surface area contributed by atoms with Crippen LogP contribution in [0, 0.1) is 12.8 Å². The van der Waals surface area contributed by atoms with Crippen molar-refractivity contribution in [2.24, 2.45) is 5.92 Å². The first-order valence-corrected chi connectivity index (χ1v) is 6.93. The predicted octanol–water partition coefficient (Wildman–Crippen LogP) is 2.89. The summed E-state index contributed by atoms with van der Waals surface area (Å²) in [6, 6.07) is 5.60. The van der Waals surface area contributed by atoms with Crippen LogP contribution < -0.4 is 5.32 Å². The number of hydrogen-bond acceptors (Lipinski definition) is 2. The fourth-order valence-electron chi connectivity index (χ4n) is 1.84. The maximum atomic E-state index is 12.2. The highest BCUT2D eigenvalue weighted by Gasteiger charge is 2.17. The second-order valence-electron chi connectivity index (χ2n) is 4.80. The molecule has 2 N–H and O–H groups in total. The molecule has 0 aliphatic rings. The van der Waals surface area contributed by atoms with Crippen LogP contribution in [-0.4, -0.2) is 23.7 Å². The summed E-state index contributed by atoms with van der Waals surface area (Å²) in [5, 5.41) is 12.0. The molecule has 1 rings (SSSR count). The lowest BCUT2D eigenvalue weighted by atomic mass is 10.00. The maximum absolute atomic E-state index is 12.2. The molecule has 100 valence electrons. The SMILES string of the molecule is Cc1cc(Br)ccc1C(=O)NC(CCO)C(C)C. The number of nitrogens with one attached hydrogen (secondary N) is 1. The highest BCUT2D eigenvalue weighted by molar-refractivity contribution is 9.10. The smallest absolute Gasteiger partial charge is 0.251 e. The van der Waals surface area contributed by atoms with E-state index in [0.29, 0.717) is 17.9 Å². The molecular formula is C14H20BrNO2. The molecule has 18 heavy (non-hydrogen) atoms. The lowest BCUT2D eigenvalue weighted by Gasteiger charge is -2.22. The van der Waals surface area contributed by atoms with Gasteiger partial charge in [-0.1, -0.05) is 29.8 Å². The van der Waals surface area contributed by atoms with E-state index in [1.54, 1.807) is 0 Å². The Labute approximate surface area is 117 Å². The zero-order valence-corrected chi connectivity index (χ0v) is 12.6. The van der Waals surface area contributed by atoms with Gasteiger partial charge in [0.15, 0.2) is 0 Å². The molecule has 0 aliphatic heterocycles. The number of carbonyl (C=O) groups excluding carboxylic acids is 1. The molecule has 1 aromatic carbocycles. The van der Waals surface area contributed by atoms with Crippen molar-refractivity contribution in [2.75, 3.05) is 6.61 Å². The van der Waals surface area contributed by atoms with Gasteiger partial charge in [0.2, 0.25) is 0 Å². The molecule has 0 radical (unpaired) electrons. The van der Waals surface area contributed by atoms with Crippen molar-refractivity contribution in [1.29, 1.82) is 0 Å². The zero-order chi connectivity index (χ0) is 13.7. The first-order valence-electron chi connectivity index (χ1n) is 6.13. The van der Waals surface area contributed by atoms with Gasteiger partial charge >= 0.3 is 0 Å². The van der Waals surface area contributed by atoms with Crippen molar-refractivity contribution in [1.82, 2.24) is 5.32 Å². The molecule has 1 aromatic rings. The van der Waals surface area contributed by atoms with Crippen molar-refractivity contribution < 1.29 is 9.90 Å². The van der Waals surface area contributed by atoms with Gasteiger partial charge in [0.25, 0.3) is 5.91 Å². The van der Waals surface area contributed by atoms with Gasteiger partial charge in [-0.15, -0.1) is 0 Å². The predicted molar refractivity (Wildman–Crippen MR) is 76.7 cm³/mol. The first-order chi connectivity index (χ1) is 8.45. The van der Waals surface area contributed by atoms with Crippen molar-refractivity contribution in [3.8, 4) is 0 Å². The average molecular weight is 314 g/mol. The van der Waals surface area contributed by atoms with Crippen LogP contribution in [-0.2, 0) is 0 Å². The fraction of sp³-hybridized carbons (Fsp3) is 0.500. The topological polar surface area (TPSA) is 49.3 Å². The second-order valence-corrected chi connectivity index (χ2v) is 5.71. The van der Waals surface area contributed by atoms with Gasteiger partial charge in [-0.2, -0.15) is 0 Å². The summed E-state index contributed by atoms with van der Waals surface area (Å²) in [4.78, 5) is 12.2. The van der Waals surface area contributed by atoms with E-state index in [1.165, 1.54) is 0 Å². The van der Waals surface area contributed by atoms with Crippen LogP contribution in [0.2, 0.25) is 0 Å². The zero-order valence-electron chi connectivity index (χ0n) is 11.0. The number of aliphatic hydroxyl groups excluding tert-OH is 1. The summed E-state index contributed by atoms with van der Waals surface area (Å²) < 4.78 is 0.965. The molecule has 1 unspecified atom stereocenters. The molecule has 1 atom stereocenters. The van der Waals surface area contributed by atoms with E-state index in [1.807, 2.05) is 39.0 Å². The van der Waals surface area contributed by atoms with E-state index in [-0.39, 0.29) is 18.6 Å². The normalized spacial score (nSPS) is 12.6. The van der Waals surface area contributed by atoms with Gasteiger partial charge in [0.05, 0.1) is 0 Å². The summed E-state index contributed by atoms with van der Waals surface area (Å²) in [7, 11) is 0. The Morgan fingerprint density at radius 2 is 2.11 bits per heavy atom. The van der Waals surface area contributed by atoms with Gasteiger partial charge in [0, 0.05) is 22.7 Å². The molecule has 0 spiro atoms. The molecule has 0 heterocycles. The minimum Gasteiger partial charge on any atom is -0.396 e. The number of carbonyl (C=O) groups is 1. The van der Waals surface area contributed by atoms with Crippen LogP contribution >= 0.6 is 15.9 Å². The van der Waals surface area contributed by atoms with Crippen LogP contribution in [0.4, 0.5) is 0 Å². The first kappa shape index (κ1) is 15.2. The molecular weight excluding hydrogens is 294 g/mol. The van der Waals surface area contributed by atoms with Crippen molar-refractivity contribution in [3.05, 3.63) is 33.8 Å². The Kier molecular flexibility index (Phi) is 5.82. The van der Waals surface area contributed by atoms with E-state index in [9.17, 15) is 4.79 Å². The number of aryl methyl sites for hydroxylation is 1. The molecule has 0 saturated carbocycles. The Morgan fingerprint density at radius 3 is 2.61 bits per heavy atom. The molecule has 0 saturated heterocycles. The monoisotopic (exact) mass is 313 g/mol. The largest absolute Gasteiger partial charge is 0.396 e. The van der Waals surface area contributed by atoms with Crippen LogP contribution in [0.15, 0.2) is 22.7 Å². The maximum Gasteiger partial charge on any atom is 0.251 e. The van der Waals surface area contributed by atoms with Gasteiger partial charge in [-0.3, -0.25) is 4.79 Å². The third kappa shape index (κ3) is 4.10. The Morgan fingerprint density at radius 1 is 1.44 bits per heavy atom. The van der Waals surface area contributed by atoms with Crippen LogP contribution in [0.3, 0.4) is 0 Å². The summed E-state index contributed by atoms with van der Waals surface area (Å²) in [5.74, 6) is 0.226. The minimum atomic E-state index is -0.0767. The van der Waals surface area contributed by atoms with Crippen molar-refractivity contribution in [2.45, 2.75) is 33.2 Å². The molecule has 3 nitrogen and oxygen atoms in total. The van der Waals surface area contributed by atoms with E-state index in [4.69, 9.17) is 5.11 Å². The Bertz CT molecular complexity index is 418. The van der Waals surface area contributed by atoms with Gasteiger partial charge < -0.3 is 10.4 Å². The summed E-state index contributed by atoms with van der Waals surface area (Å²) in [5.41, 5.74) is 1.62. The van der Waals surface area contributed by atoms with Crippen LogP contribution in [0.5, 0.6) is 0 Å². The number of rotatable bonds is 5. The Hall–Kier alpha value is -0.870. The molecule has 0 aliphatic carbocycles. The number of halogens is 1. The third-order valence-electron chi connectivity index (χ3n) is 2.99. The highest BCUT2D eigenvalue weighted by atomic mass is 79.9. The van der Waals surface area contributed by atoms with Crippen LogP contribution in [0.1, 0.15) is 36.2 Å². The summed E-state index contributed by atoms with van der Waals surface area (Å²) >= 11 is 3.38. The third-order valence-corrected chi connectivity index (χ3v) is 3.49. The van der Waals surface area contributed by atoms with Crippen molar-refractivity contribution >= 4 is 21.8 Å². The van der Waals surface area contributed by atoms with Gasteiger partial charge in [-0.05, 0) is 43.0 Å². The van der Waals surface area contributed by atoms with E-state index >= 15 is 0 Å². The standard InChI is InChI=1S/C14H20BrNO2/c1-9(2)13(6-7-17)16-14(18)12-5-4-11(15)8-10(12)3/h4-5,8-9,13,17H,6-7H2,1-3H3,(H,16,18). The lowest BCUT2D eigenvalue weighted by Crippen LogP contribution is -2.39. The van der Waals surface area contributed by atoms with E-state index in [2.05, 4.69) is 21.2 Å². The molecule has 0 aromatic heterocycles. The van der Waals surface area contributed by atoms with Crippen LogP contribution in [0.25, 0.3) is 0 Å². The fourth-order valence-corrected chi connectivity index (χ4v) is 2.31.